The maximum atomic E-state index is 13.9. The van der Waals surface area contributed by atoms with Crippen molar-refractivity contribution >= 4 is 11.6 Å². The van der Waals surface area contributed by atoms with Gasteiger partial charge in [0.25, 0.3) is 0 Å². The molecule has 2 aromatic rings. The Morgan fingerprint density at radius 3 is 2.39 bits per heavy atom. The number of nitrogens with zero attached hydrogens (tertiary/aromatic N) is 1. The minimum Gasteiger partial charge on any atom is -0.273 e. The Balaban J connectivity index is 2.01. The molecule has 0 unspecified atom stereocenters. The lowest BCUT2D eigenvalue weighted by Gasteiger charge is -2.14. The fraction of sp³-hybridized carbons (Fsp3) is 0.176. The average Bonchev–Trinajstić information content (AvgIpc) is 2.54. The second-order valence-electron chi connectivity index (χ2n) is 5.35. The van der Waals surface area contributed by atoms with Crippen molar-refractivity contribution in [1.82, 2.24) is 5.43 Å². The molecule has 0 aliphatic carbocycles. The molecule has 1 heterocycles. The number of carbonyl (C=O) groups excluding carboxylic acids is 1. The molecule has 23 heavy (non-hydrogen) atoms. The number of amides is 1. The van der Waals surface area contributed by atoms with E-state index in [2.05, 4.69) is 10.5 Å². The number of rotatable bonds is 2. The molecule has 0 saturated carbocycles. The van der Waals surface area contributed by atoms with Gasteiger partial charge in [-0.2, -0.15) is 5.10 Å². The van der Waals surface area contributed by atoms with Crippen molar-refractivity contribution in [2.75, 3.05) is 0 Å². The van der Waals surface area contributed by atoms with Crippen LogP contribution in [0.4, 0.5) is 13.2 Å². The van der Waals surface area contributed by atoms with Crippen molar-refractivity contribution in [3.05, 3.63) is 58.9 Å². The SMILES string of the molecule is Cc1cc(C2=NNC(=O)CC2)ccc1-c1ccc(F)c(F)c1F. The molecule has 6 heteroatoms. The standard InChI is InChI=1S/C17H13F3N2O/c1-9-8-10(14-6-7-15(23)22-21-14)2-3-11(9)12-4-5-13(18)17(20)16(12)19/h2-5,8H,6-7H2,1H3,(H,22,23). The first-order valence-electron chi connectivity index (χ1n) is 7.07. The summed E-state index contributed by atoms with van der Waals surface area (Å²) in [6.45, 7) is 1.75. The van der Waals surface area contributed by atoms with Crippen LogP contribution in [0.3, 0.4) is 0 Å². The summed E-state index contributed by atoms with van der Waals surface area (Å²) in [6, 6.07) is 7.26. The Bertz CT molecular complexity index is 831. The van der Waals surface area contributed by atoms with Crippen LogP contribution in [0.2, 0.25) is 0 Å². The predicted molar refractivity (Wildman–Crippen MR) is 80.4 cm³/mol. The van der Waals surface area contributed by atoms with Gasteiger partial charge in [-0.05, 0) is 41.8 Å². The van der Waals surface area contributed by atoms with Crippen LogP contribution in [0, 0.1) is 24.4 Å². The van der Waals surface area contributed by atoms with Gasteiger partial charge in [-0.25, -0.2) is 18.6 Å². The fourth-order valence-corrected chi connectivity index (χ4v) is 2.56. The minimum atomic E-state index is -1.48. The van der Waals surface area contributed by atoms with Gasteiger partial charge in [0.2, 0.25) is 5.91 Å². The summed E-state index contributed by atoms with van der Waals surface area (Å²) in [6.07, 6.45) is 0.877. The topological polar surface area (TPSA) is 41.5 Å². The van der Waals surface area contributed by atoms with Gasteiger partial charge >= 0.3 is 0 Å². The zero-order valence-corrected chi connectivity index (χ0v) is 12.3. The van der Waals surface area contributed by atoms with E-state index in [0.717, 1.165) is 17.3 Å². The lowest BCUT2D eigenvalue weighted by Crippen LogP contribution is -2.25. The predicted octanol–water partition coefficient (Wildman–Crippen LogP) is 3.69. The molecule has 1 aliphatic heterocycles. The highest BCUT2D eigenvalue weighted by Crippen LogP contribution is 2.29. The Hall–Kier alpha value is -2.63. The first-order chi connectivity index (χ1) is 11.0. The first kappa shape index (κ1) is 15.3. The molecule has 0 aromatic heterocycles. The molecule has 0 bridgehead atoms. The lowest BCUT2D eigenvalue weighted by molar-refractivity contribution is -0.121. The van der Waals surface area contributed by atoms with Crippen molar-refractivity contribution in [1.29, 1.82) is 0 Å². The Kier molecular flexibility index (Phi) is 3.90. The van der Waals surface area contributed by atoms with E-state index < -0.39 is 17.5 Å². The van der Waals surface area contributed by atoms with Crippen LogP contribution in [-0.4, -0.2) is 11.6 Å². The molecule has 0 spiro atoms. The Morgan fingerprint density at radius 1 is 1.00 bits per heavy atom. The van der Waals surface area contributed by atoms with Gasteiger partial charge in [-0.15, -0.1) is 0 Å². The molecular weight excluding hydrogens is 305 g/mol. The molecule has 0 atom stereocenters. The van der Waals surface area contributed by atoms with E-state index in [1.165, 1.54) is 6.07 Å². The van der Waals surface area contributed by atoms with Gasteiger partial charge in [-0.1, -0.05) is 12.1 Å². The first-order valence-corrected chi connectivity index (χ1v) is 7.07. The smallest absolute Gasteiger partial charge is 0.240 e. The van der Waals surface area contributed by atoms with Crippen LogP contribution in [0.5, 0.6) is 0 Å². The number of benzene rings is 2. The van der Waals surface area contributed by atoms with E-state index in [0.29, 0.717) is 24.0 Å². The quantitative estimate of drug-likeness (QED) is 0.843. The van der Waals surface area contributed by atoms with Gasteiger partial charge in [0.15, 0.2) is 17.5 Å². The minimum absolute atomic E-state index is 0.00633. The molecular formula is C17H13F3N2O. The molecule has 2 aromatic carbocycles. The second-order valence-corrected chi connectivity index (χ2v) is 5.35. The van der Waals surface area contributed by atoms with E-state index in [9.17, 15) is 18.0 Å². The van der Waals surface area contributed by atoms with Crippen LogP contribution >= 0.6 is 0 Å². The summed E-state index contributed by atoms with van der Waals surface area (Å²) in [4.78, 5) is 11.1. The summed E-state index contributed by atoms with van der Waals surface area (Å²) in [5.41, 5.74) is 5.13. The maximum Gasteiger partial charge on any atom is 0.240 e. The van der Waals surface area contributed by atoms with Gasteiger partial charge in [0.05, 0.1) is 5.71 Å². The van der Waals surface area contributed by atoms with E-state index in [1.807, 2.05) is 0 Å². The van der Waals surface area contributed by atoms with Gasteiger partial charge in [0.1, 0.15) is 0 Å². The van der Waals surface area contributed by atoms with E-state index in [4.69, 9.17) is 0 Å². The highest BCUT2D eigenvalue weighted by Gasteiger charge is 2.18. The van der Waals surface area contributed by atoms with Crippen molar-refractivity contribution in [2.24, 2.45) is 5.10 Å². The molecule has 1 amide bonds. The largest absolute Gasteiger partial charge is 0.273 e. The summed E-state index contributed by atoms with van der Waals surface area (Å²) in [5.74, 6) is -4.03. The van der Waals surface area contributed by atoms with Crippen molar-refractivity contribution in [3.63, 3.8) is 0 Å². The van der Waals surface area contributed by atoms with Gasteiger partial charge < -0.3 is 0 Å². The van der Waals surface area contributed by atoms with Crippen molar-refractivity contribution in [2.45, 2.75) is 19.8 Å². The highest BCUT2D eigenvalue weighted by atomic mass is 19.2. The van der Waals surface area contributed by atoms with E-state index >= 15 is 0 Å². The number of carbonyl (C=O) groups is 1. The third kappa shape index (κ3) is 2.84. The molecule has 3 nitrogen and oxygen atoms in total. The van der Waals surface area contributed by atoms with Crippen LogP contribution < -0.4 is 5.43 Å². The molecule has 118 valence electrons. The molecule has 0 saturated heterocycles. The van der Waals surface area contributed by atoms with Crippen molar-refractivity contribution < 1.29 is 18.0 Å². The second kappa shape index (κ2) is 5.87. The number of nitrogens with one attached hydrogen (secondary N) is 1. The normalized spacial score (nSPS) is 14.4. The van der Waals surface area contributed by atoms with Crippen LogP contribution in [-0.2, 0) is 4.79 Å². The number of halogens is 3. The van der Waals surface area contributed by atoms with Crippen LogP contribution in [0.1, 0.15) is 24.0 Å². The molecule has 1 N–H and O–H groups in total. The summed E-state index contributed by atoms with van der Waals surface area (Å²) >= 11 is 0. The molecule has 1 aliphatic rings. The molecule has 3 rings (SSSR count). The van der Waals surface area contributed by atoms with Gasteiger partial charge in [0, 0.05) is 18.4 Å². The van der Waals surface area contributed by atoms with E-state index in [-0.39, 0.29) is 11.5 Å². The van der Waals surface area contributed by atoms with Gasteiger partial charge in [-0.3, -0.25) is 4.79 Å². The monoisotopic (exact) mass is 318 g/mol. The lowest BCUT2D eigenvalue weighted by atomic mass is 9.95. The van der Waals surface area contributed by atoms with E-state index in [1.54, 1.807) is 25.1 Å². The van der Waals surface area contributed by atoms with Crippen LogP contribution in [0.15, 0.2) is 35.4 Å². The average molecular weight is 318 g/mol. The Labute approximate surface area is 130 Å². The molecule has 0 fully saturated rings. The summed E-state index contributed by atoms with van der Waals surface area (Å²) < 4.78 is 40.4. The fourth-order valence-electron chi connectivity index (χ4n) is 2.56. The maximum absolute atomic E-state index is 13.9. The Morgan fingerprint density at radius 2 is 1.74 bits per heavy atom. The van der Waals surface area contributed by atoms with Crippen LogP contribution in [0.25, 0.3) is 11.1 Å². The third-order valence-electron chi connectivity index (χ3n) is 3.79. The highest BCUT2D eigenvalue weighted by molar-refractivity contribution is 6.04. The zero-order chi connectivity index (χ0) is 16.6. The number of hydrogen-bond donors (Lipinski definition) is 1. The zero-order valence-electron chi connectivity index (χ0n) is 12.3. The van der Waals surface area contributed by atoms with Crippen molar-refractivity contribution in [3.8, 4) is 11.1 Å². The number of hydrogen-bond acceptors (Lipinski definition) is 2. The summed E-state index contributed by atoms with van der Waals surface area (Å²) in [7, 11) is 0. The number of hydrazone groups is 1. The summed E-state index contributed by atoms with van der Waals surface area (Å²) in [5, 5.41) is 4.00. The third-order valence-corrected chi connectivity index (χ3v) is 3.79. The molecule has 0 radical (unpaired) electrons. The number of aryl methyl sites for hydroxylation is 1.